The maximum Gasteiger partial charge on any atom is 0.290 e. The zero-order valence-electron chi connectivity index (χ0n) is 7.81. The molecule has 0 spiro atoms. The molecule has 1 saturated carbocycles. The van der Waals surface area contributed by atoms with E-state index in [-0.39, 0.29) is 12.2 Å². The Bertz CT molecular complexity index is 359. The van der Waals surface area contributed by atoms with Crippen molar-refractivity contribution in [1.82, 2.24) is 9.97 Å². The van der Waals surface area contributed by atoms with Crippen molar-refractivity contribution in [3.8, 4) is 0 Å². The summed E-state index contributed by atoms with van der Waals surface area (Å²) in [6.07, 6.45) is 5.23. The number of aromatic nitrogens is 2. The summed E-state index contributed by atoms with van der Waals surface area (Å²) in [6.45, 7) is 0.525. The van der Waals surface area contributed by atoms with E-state index in [0.29, 0.717) is 18.4 Å². The third kappa shape index (κ3) is 1.77. The Hall–Kier alpha value is -1.36. The van der Waals surface area contributed by atoms with Crippen LogP contribution in [0.25, 0.3) is 0 Å². The highest BCUT2D eigenvalue weighted by atomic mass is 16.3. The Morgan fingerprint density at radius 1 is 1.64 bits per heavy atom. The first kappa shape index (κ1) is 9.21. The van der Waals surface area contributed by atoms with Crippen LogP contribution in [0.4, 0.5) is 5.82 Å². The molecule has 0 amide bonds. The Morgan fingerprint density at radius 2 is 2.43 bits per heavy atom. The number of nitrogens with one attached hydrogen (secondary N) is 1. The maximum absolute atomic E-state index is 11.4. The maximum atomic E-state index is 11.4. The van der Waals surface area contributed by atoms with E-state index < -0.39 is 0 Å². The van der Waals surface area contributed by atoms with Gasteiger partial charge in [0, 0.05) is 25.0 Å². The minimum atomic E-state index is -0.187. The number of hydrogen-bond donors (Lipinski definition) is 2. The summed E-state index contributed by atoms with van der Waals surface area (Å²) in [5, 5.41) is 8.88. The quantitative estimate of drug-likeness (QED) is 0.694. The summed E-state index contributed by atoms with van der Waals surface area (Å²) in [4.78, 5) is 19.9. The van der Waals surface area contributed by atoms with Gasteiger partial charge in [-0.05, 0) is 12.8 Å². The first-order valence-corrected chi connectivity index (χ1v) is 4.74. The second-order valence-electron chi connectivity index (χ2n) is 3.39. The van der Waals surface area contributed by atoms with Crippen molar-refractivity contribution in [3.05, 3.63) is 22.7 Å². The average Bonchev–Trinajstić information content (AvgIpc) is 2.99. The molecule has 1 heterocycles. The summed E-state index contributed by atoms with van der Waals surface area (Å²) in [5.74, 6) is 0.420. The number of H-pyrrole nitrogens is 1. The van der Waals surface area contributed by atoms with E-state index in [1.165, 1.54) is 6.20 Å². The van der Waals surface area contributed by atoms with Crippen molar-refractivity contribution in [2.24, 2.45) is 0 Å². The summed E-state index contributed by atoms with van der Waals surface area (Å²) < 4.78 is 0. The van der Waals surface area contributed by atoms with Gasteiger partial charge in [-0.1, -0.05) is 0 Å². The van der Waals surface area contributed by atoms with Crippen LogP contribution < -0.4 is 10.5 Å². The normalized spacial score (nSPS) is 15.5. The van der Waals surface area contributed by atoms with Crippen molar-refractivity contribution >= 4 is 5.82 Å². The molecule has 1 aliphatic carbocycles. The van der Waals surface area contributed by atoms with Crippen molar-refractivity contribution in [3.63, 3.8) is 0 Å². The highest BCUT2D eigenvalue weighted by Gasteiger charge is 2.30. The van der Waals surface area contributed by atoms with E-state index in [1.54, 1.807) is 6.20 Å². The van der Waals surface area contributed by atoms with E-state index >= 15 is 0 Å². The minimum absolute atomic E-state index is 0.0481. The van der Waals surface area contributed by atoms with Crippen LogP contribution >= 0.6 is 0 Å². The lowest BCUT2D eigenvalue weighted by molar-refractivity contribution is 0.301. The van der Waals surface area contributed by atoms with Gasteiger partial charge in [0.25, 0.3) is 5.56 Å². The Kier molecular flexibility index (Phi) is 2.49. The van der Waals surface area contributed by atoms with Gasteiger partial charge in [-0.3, -0.25) is 4.79 Å². The molecular formula is C9H13N3O2. The van der Waals surface area contributed by atoms with Crippen LogP contribution in [0.2, 0.25) is 0 Å². The fraction of sp³-hybridized carbons (Fsp3) is 0.556. The number of rotatable bonds is 4. The smallest absolute Gasteiger partial charge is 0.290 e. The van der Waals surface area contributed by atoms with Gasteiger partial charge in [0.2, 0.25) is 0 Å². The standard InChI is InChI=1S/C9H13N3O2/c13-6-5-12(7-1-2-7)8-9(14)11-4-3-10-8/h3-4,7,13H,1-2,5-6H2,(H,11,14). The summed E-state index contributed by atoms with van der Waals surface area (Å²) in [7, 11) is 0. The monoisotopic (exact) mass is 195 g/mol. The molecule has 5 nitrogen and oxygen atoms in total. The molecule has 0 aromatic carbocycles. The molecule has 14 heavy (non-hydrogen) atoms. The summed E-state index contributed by atoms with van der Waals surface area (Å²) in [5.41, 5.74) is -0.187. The van der Waals surface area contributed by atoms with Crippen LogP contribution in [0.15, 0.2) is 17.2 Å². The highest BCUT2D eigenvalue weighted by Crippen LogP contribution is 2.28. The van der Waals surface area contributed by atoms with Crippen LogP contribution in [0.3, 0.4) is 0 Å². The van der Waals surface area contributed by atoms with Crippen LogP contribution in [0.1, 0.15) is 12.8 Å². The van der Waals surface area contributed by atoms with E-state index in [0.717, 1.165) is 12.8 Å². The molecule has 2 rings (SSSR count). The lowest BCUT2D eigenvalue weighted by Gasteiger charge is -2.20. The number of aromatic amines is 1. The Morgan fingerprint density at radius 3 is 3.00 bits per heavy atom. The first-order valence-electron chi connectivity index (χ1n) is 4.74. The molecule has 0 saturated heterocycles. The van der Waals surface area contributed by atoms with Gasteiger partial charge in [-0.15, -0.1) is 0 Å². The minimum Gasteiger partial charge on any atom is -0.395 e. The van der Waals surface area contributed by atoms with E-state index in [9.17, 15) is 4.79 Å². The van der Waals surface area contributed by atoms with Gasteiger partial charge < -0.3 is 15.0 Å². The number of aliphatic hydroxyl groups is 1. The second kappa shape index (κ2) is 3.79. The summed E-state index contributed by atoms with van der Waals surface area (Å²) >= 11 is 0. The van der Waals surface area contributed by atoms with Crippen LogP contribution in [-0.4, -0.2) is 34.3 Å². The van der Waals surface area contributed by atoms with Crippen LogP contribution in [-0.2, 0) is 0 Å². The van der Waals surface area contributed by atoms with Crippen molar-refractivity contribution in [1.29, 1.82) is 0 Å². The van der Waals surface area contributed by atoms with E-state index in [1.807, 2.05) is 4.90 Å². The molecule has 2 N–H and O–H groups in total. The number of aliphatic hydroxyl groups excluding tert-OH is 1. The van der Waals surface area contributed by atoms with Crippen molar-refractivity contribution in [2.45, 2.75) is 18.9 Å². The molecule has 0 aliphatic heterocycles. The average molecular weight is 195 g/mol. The van der Waals surface area contributed by atoms with Crippen LogP contribution in [0, 0.1) is 0 Å². The molecular weight excluding hydrogens is 182 g/mol. The zero-order valence-corrected chi connectivity index (χ0v) is 7.81. The van der Waals surface area contributed by atoms with Crippen molar-refractivity contribution in [2.75, 3.05) is 18.1 Å². The van der Waals surface area contributed by atoms with Gasteiger partial charge in [-0.25, -0.2) is 4.98 Å². The largest absolute Gasteiger partial charge is 0.395 e. The van der Waals surface area contributed by atoms with Crippen molar-refractivity contribution < 1.29 is 5.11 Å². The molecule has 1 aliphatic rings. The van der Waals surface area contributed by atoms with Gasteiger partial charge >= 0.3 is 0 Å². The third-order valence-electron chi connectivity index (χ3n) is 2.29. The van der Waals surface area contributed by atoms with E-state index in [4.69, 9.17) is 5.11 Å². The molecule has 76 valence electrons. The number of anilines is 1. The van der Waals surface area contributed by atoms with Gasteiger partial charge in [-0.2, -0.15) is 0 Å². The lowest BCUT2D eigenvalue weighted by atomic mass is 10.4. The number of nitrogens with zero attached hydrogens (tertiary/aromatic N) is 2. The molecule has 0 atom stereocenters. The Balaban J connectivity index is 2.25. The third-order valence-corrected chi connectivity index (χ3v) is 2.29. The first-order chi connectivity index (χ1) is 6.83. The second-order valence-corrected chi connectivity index (χ2v) is 3.39. The lowest BCUT2D eigenvalue weighted by Crippen LogP contribution is -2.34. The molecule has 1 fully saturated rings. The van der Waals surface area contributed by atoms with E-state index in [2.05, 4.69) is 9.97 Å². The molecule has 5 heteroatoms. The topological polar surface area (TPSA) is 69.2 Å². The molecule has 1 aromatic rings. The highest BCUT2D eigenvalue weighted by molar-refractivity contribution is 5.38. The van der Waals surface area contributed by atoms with Gasteiger partial charge in [0.05, 0.1) is 6.61 Å². The Labute approximate surface area is 81.4 Å². The summed E-state index contributed by atoms with van der Waals surface area (Å²) in [6, 6.07) is 0.387. The molecule has 0 radical (unpaired) electrons. The SMILES string of the molecule is O=c1[nH]ccnc1N(CCO)C1CC1. The zero-order chi connectivity index (χ0) is 9.97. The predicted molar refractivity (Wildman–Crippen MR) is 52.3 cm³/mol. The molecule has 1 aromatic heterocycles. The van der Waals surface area contributed by atoms with Crippen LogP contribution in [0.5, 0.6) is 0 Å². The molecule has 0 unspecified atom stereocenters. The van der Waals surface area contributed by atoms with Gasteiger partial charge in [0.1, 0.15) is 0 Å². The molecule has 0 bridgehead atoms. The van der Waals surface area contributed by atoms with Gasteiger partial charge in [0.15, 0.2) is 5.82 Å². The fourth-order valence-corrected chi connectivity index (χ4v) is 1.50. The predicted octanol–water partition coefficient (Wildman–Crippen LogP) is -0.269. The fourth-order valence-electron chi connectivity index (χ4n) is 1.50. The number of hydrogen-bond acceptors (Lipinski definition) is 4.